The second kappa shape index (κ2) is 11.5. The van der Waals surface area contributed by atoms with Gasteiger partial charge in [-0.1, -0.05) is 18.2 Å². The molecule has 2 N–H and O–H groups in total. The molecule has 0 heterocycles. The standard InChI is InChI=1S/C23H19ClF10N2O3/c1-11-6-14(21(28,22(29,30)31)23(32,33)34)7-12(2)17(11)36-18(37)13-4-3-5-15(8-13)35-19(38)39-16(10-24)9-20(25,26)27/h3-8,16H,9-10H2,1-2H3,(H,35,38)(H,36,37). The average Bonchev–Trinajstić information content (AvgIpc) is 2.77. The van der Waals surface area contributed by atoms with E-state index in [1.807, 2.05) is 0 Å². The quantitative estimate of drug-likeness (QED) is 0.252. The molecule has 0 aliphatic rings. The lowest BCUT2D eigenvalue weighted by atomic mass is 9.90. The number of hydrogen-bond donors (Lipinski definition) is 2. The molecule has 0 radical (unpaired) electrons. The minimum atomic E-state index is -6.32. The molecule has 16 heteroatoms. The number of aryl methyl sites for hydroxylation is 2. The smallest absolute Gasteiger partial charge is 0.435 e. The number of hydrogen-bond acceptors (Lipinski definition) is 3. The van der Waals surface area contributed by atoms with Crippen LogP contribution in [0.4, 0.5) is 60.1 Å². The second-order valence-electron chi connectivity index (χ2n) is 8.30. The van der Waals surface area contributed by atoms with E-state index in [-0.39, 0.29) is 28.1 Å². The predicted octanol–water partition coefficient (Wildman–Crippen LogP) is 7.95. The van der Waals surface area contributed by atoms with Crippen LogP contribution in [0, 0.1) is 13.8 Å². The number of alkyl halides is 11. The van der Waals surface area contributed by atoms with Gasteiger partial charge in [0.15, 0.2) is 0 Å². The Balaban J connectivity index is 2.25. The lowest BCUT2D eigenvalue weighted by Gasteiger charge is -2.31. The van der Waals surface area contributed by atoms with Crippen LogP contribution in [0.15, 0.2) is 36.4 Å². The Morgan fingerprint density at radius 3 is 1.87 bits per heavy atom. The zero-order valence-electron chi connectivity index (χ0n) is 19.8. The van der Waals surface area contributed by atoms with Crippen LogP contribution < -0.4 is 10.6 Å². The Labute approximate surface area is 219 Å². The Bertz CT molecular complexity index is 1170. The van der Waals surface area contributed by atoms with Crippen molar-refractivity contribution in [3.63, 3.8) is 0 Å². The normalized spacial score (nSPS) is 13.6. The molecule has 2 amide bonds. The van der Waals surface area contributed by atoms with Crippen LogP contribution >= 0.6 is 11.6 Å². The van der Waals surface area contributed by atoms with E-state index in [4.69, 9.17) is 11.6 Å². The summed E-state index contributed by atoms with van der Waals surface area (Å²) in [6.07, 6.45) is -21.8. The molecular weight excluding hydrogens is 578 g/mol. The molecule has 2 aromatic rings. The van der Waals surface area contributed by atoms with Gasteiger partial charge in [-0.3, -0.25) is 10.1 Å². The molecule has 0 saturated carbocycles. The van der Waals surface area contributed by atoms with E-state index in [1.54, 1.807) is 0 Å². The van der Waals surface area contributed by atoms with Crippen LogP contribution in [0.5, 0.6) is 0 Å². The highest BCUT2D eigenvalue weighted by molar-refractivity contribution is 6.18. The van der Waals surface area contributed by atoms with Gasteiger partial charge in [-0.25, -0.2) is 9.18 Å². The van der Waals surface area contributed by atoms with Gasteiger partial charge in [0, 0.05) is 22.5 Å². The predicted molar refractivity (Wildman–Crippen MR) is 120 cm³/mol. The maximum Gasteiger partial charge on any atom is 0.435 e. The summed E-state index contributed by atoms with van der Waals surface area (Å²) in [6.45, 7) is 2.11. The van der Waals surface area contributed by atoms with Crippen molar-refractivity contribution in [2.45, 2.75) is 50.6 Å². The fraction of sp³-hybridized carbons (Fsp3) is 0.391. The number of amides is 2. The number of halogens is 11. The summed E-state index contributed by atoms with van der Waals surface area (Å²) in [5.74, 6) is -1.58. The van der Waals surface area contributed by atoms with Gasteiger partial charge in [-0.15, -0.1) is 11.6 Å². The lowest BCUT2D eigenvalue weighted by Crippen LogP contribution is -2.50. The Hall–Kier alpha value is -3.23. The monoisotopic (exact) mass is 596 g/mol. The third-order valence-electron chi connectivity index (χ3n) is 5.23. The van der Waals surface area contributed by atoms with Gasteiger partial charge in [0.05, 0.1) is 12.3 Å². The Morgan fingerprint density at radius 2 is 1.41 bits per heavy atom. The van der Waals surface area contributed by atoms with Gasteiger partial charge in [-0.2, -0.15) is 39.5 Å². The molecule has 1 atom stereocenters. The third kappa shape index (κ3) is 7.67. The van der Waals surface area contributed by atoms with Gasteiger partial charge >= 0.3 is 30.3 Å². The van der Waals surface area contributed by atoms with E-state index in [0.29, 0.717) is 12.1 Å². The fourth-order valence-corrected chi connectivity index (χ4v) is 3.63. The van der Waals surface area contributed by atoms with Gasteiger partial charge < -0.3 is 10.1 Å². The van der Waals surface area contributed by atoms with E-state index in [1.165, 1.54) is 18.2 Å². The van der Waals surface area contributed by atoms with Crippen molar-refractivity contribution in [1.29, 1.82) is 0 Å². The first-order valence-electron chi connectivity index (χ1n) is 10.7. The maximum atomic E-state index is 14.4. The summed E-state index contributed by atoms with van der Waals surface area (Å²) in [6, 6.07) is 5.41. The SMILES string of the molecule is Cc1cc(C(F)(C(F)(F)F)C(F)(F)F)cc(C)c1NC(=O)c1cccc(NC(=O)OC(CCl)CC(F)(F)F)c1. The van der Waals surface area contributed by atoms with Gasteiger partial charge in [0.25, 0.3) is 5.91 Å². The van der Waals surface area contributed by atoms with E-state index in [0.717, 1.165) is 19.9 Å². The van der Waals surface area contributed by atoms with Crippen molar-refractivity contribution < 1.29 is 58.2 Å². The van der Waals surface area contributed by atoms with Crippen LogP contribution in [0.1, 0.15) is 33.5 Å². The van der Waals surface area contributed by atoms with E-state index < -0.39 is 60.2 Å². The molecule has 0 saturated heterocycles. The first-order chi connectivity index (χ1) is 17.7. The molecule has 0 fully saturated rings. The number of nitrogens with one attached hydrogen (secondary N) is 2. The molecule has 0 aromatic heterocycles. The molecule has 5 nitrogen and oxygen atoms in total. The zero-order valence-corrected chi connectivity index (χ0v) is 20.6. The van der Waals surface area contributed by atoms with E-state index in [2.05, 4.69) is 15.4 Å². The molecule has 2 rings (SSSR count). The average molecular weight is 597 g/mol. The summed E-state index contributed by atoms with van der Waals surface area (Å²) >= 11 is 5.38. The number of ether oxygens (including phenoxy) is 1. The number of carbonyl (C=O) groups excluding carboxylic acids is 2. The van der Waals surface area contributed by atoms with Crippen molar-refractivity contribution in [3.05, 3.63) is 58.7 Å². The van der Waals surface area contributed by atoms with E-state index in [9.17, 15) is 53.5 Å². The van der Waals surface area contributed by atoms with Crippen molar-refractivity contribution in [2.24, 2.45) is 0 Å². The highest BCUT2D eigenvalue weighted by atomic mass is 35.5. The first kappa shape index (κ1) is 32.0. The molecule has 39 heavy (non-hydrogen) atoms. The Kier molecular flexibility index (Phi) is 9.42. The van der Waals surface area contributed by atoms with Crippen LogP contribution in [0.25, 0.3) is 0 Å². The second-order valence-corrected chi connectivity index (χ2v) is 8.61. The minimum Gasteiger partial charge on any atom is -0.444 e. The summed E-state index contributed by atoms with van der Waals surface area (Å²) in [5, 5.41) is 4.39. The van der Waals surface area contributed by atoms with Crippen molar-refractivity contribution in [2.75, 3.05) is 16.5 Å². The zero-order chi connectivity index (χ0) is 30.0. The minimum absolute atomic E-state index is 0.102. The highest BCUT2D eigenvalue weighted by Crippen LogP contribution is 2.53. The van der Waals surface area contributed by atoms with Crippen LogP contribution in [-0.2, 0) is 10.4 Å². The number of rotatable bonds is 7. The molecule has 0 spiro atoms. The van der Waals surface area contributed by atoms with Gasteiger partial charge in [-0.05, 0) is 43.2 Å². The number of carbonyl (C=O) groups is 2. The third-order valence-corrected chi connectivity index (χ3v) is 5.57. The molecule has 0 aliphatic heterocycles. The number of anilines is 2. The summed E-state index contributed by atoms with van der Waals surface area (Å²) in [7, 11) is 0. The topological polar surface area (TPSA) is 67.4 Å². The van der Waals surface area contributed by atoms with Crippen molar-refractivity contribution >= 4 is 35.0 Å². The molecular formula is C23H19ClF10N2O3. The lowest BCUT2D eigenvalue weighted by molar-refractivity contribution is -0.348. The number of benzene rings is 2. The molecule has 216 valence electrons. The van der Waals surface area contributed by atoms with Crippen molar-refractivity contribution in [1.82, 2.24) is 0 Å². The Morgan fingerprint density at radius 1 is 0.872 bits per heavy atom. The largest absolute Gasteiger partial charge is 0.444 e. The molecule has 2 aromatic carbocycles. The summed E-state index contributed by atoms with van der Waals surface area (Å²) in [5.41, 5.74) is -8.49. The summed E-state index contributed by atoms with van der Waals surface area (Å²) in [4.78, 5) is 24.6. The van der Waals surface area contributed by atoms with Crippen molar-refractivity contribution in [3.8, 4) is 0 Å². The van der Waals surface area contributed by atoms with Gasteiger partial charge in [0.1, 0.15) is 6.10 Å². The van der Waals surface area contributed by atoms with Crippen LogP contribution in [0.3, 0.4) is 0 Å². The molecule has 1 unspecified atom stereocenters. The summed E-state index contributed by atoms with van der Waals surface area (Å²) < 4.78 is 135. The maximum absolute atomic E-state index is 14.4. The molecule has 0 bridgehead atoms. The van der Waals surface area contributed by atoms with Crippen LogP contribution in [0.2, 0.25) is 0 Å². The van der Waals surface area contributed by atoms with Crippen LogP contribution in [-0.4, -0.2) is 42.5 Å². The highest BCUT2D eigenvalue weighted by Gasteiger charge is 2.73. The first-order valence-corrected chi connectivity index (χ1v) is 11.2. The van der Waals surface area contributed by atoms with Gasteiger partial charge in [0.2, 0.25) is 0 Å². The molecule has 0 aliphatic carbocycles. The fourth-order valence-electron chi connectivity index (χ4n) is 3.46. The van der Waals surface area contributed by atoms with E-state index >= 15 is 0 Å².